The Balaban J connectivity index is 2.59. The van der Waals surface area contributed by atoms with Crippen molar-refractivity contribution in [3.63, 3.8) is 0 Å². The summed E-state index contributed by atoms with van der Waals surface area (Å²) in [6, 6.07) is 0. The molecule has 1 amide bonds. The first kappa shape index (κ1) is 8.29. The molecular formula is C9H12N3O. The Hall–Kier alpha value is -1.32. The molecule has 4 nitrogen and oxygen atoms in total. The fraction of sp³-hybridized carbons (Fsp3) is 0.556. The molecule has 0 aromatic carbocycles. The quantitative estimate of drug-likeness (QED) is 0.679. The van der Waals surface area contributed by atoms with Crippen LogP contribution in [0.2, 0.25) is 0 Å². The van der Waals surface area contributed by atoms with Crippen molar-refractivity contribution in [2.45, 2.75) is 32.2 Å². The molecule has 69 valence electrons. The highest BCUT2D eigenvalue weighted by Crippen LogP contribution is 2.35. The van der Waals surface area contributed by atoms with E-state index >= 15 is 0 Å². The highest BCUT2D eigenvalue weighted by molar-refractivity contribution is 5.93. The summed E-state index contributed by atoms with van der Waals surface area (Å²) in [7, 11) is 0. The number of rotatable bonds is 1. The number of hydrogen-bond donors (Lipinski definition) is 1. The van der Waals surface area contributed by atoms with Crippen LogP contribution in [0.3, 0.4) is 0 Å². The van der Waals surface area contributed by atoms with Gasteiger partial charge in [0.1, 0.15) is 6.20 Å². The Labute approximate surface area is 76.7 Å². The van der Waals surface area contributed by atoms with Crippen LogP contribution in [-0.4, -0.2) is 15.7 Å². The number of hydrogen-bond acceptors (Lipinski definition) is 2. The first-order valence-electron chi connectivity index (χ1n) is 4.31. The number of nitrogens with two attached hydrogens (primary N) is 1. The van der Waals surface area contributed by atoms with E-state index in [1.165, 1.54) is 0 Å². The van der Waals surface area contributed by atoms with Gasteiger partial charge in [0.05, 0.1) is 11.3 Å². The van der Waals surface area contributed by atoms with Gasteiger partial charge in [0.25, 0.3) is 5.91 Å². The fourth-order valence-electron chi connectivity index (χ4n) is 1.87. The van der Waals surface area contributed by atoms with Crippen molar-refractivity contribution in [1.29, 1.82) is 0 Å². The number of carbonyl (C=O) groups is 1. The van der Waals surface area contributed by atoms with Crippen LogP contribution in [0.25, 0.3) is 0 Å². The summed E-state index contributed by atoms with van der Waals surface area (Å²) in [5, 5.41) is 4.00. The third-order valence-electron chi connectivity index (χ3n) is 2.61. The van der Waals surface area contributed by atoms with Crippen LogP contribution in [0.15, 0.2) is 0 Å². The molecule has 0 unspecified atom stereocenters. The monoisotopic (exact) mass is 178 g/mol. The molecule has 13 heavy (non-hydrogen) atoms. The fourth-order valence-corrected chi connectivity index (χ4v) is 1.87. The van der Waals surface area contributed by atoms with Gasteiger partial charge in [-0.15, -0.1) is 0 Å². The molecule has 0 bridgehead atoms. The predicted octanol–water partition coefficient (Wildman–Crippen LogP) is 0.463. The summed E-state index contributed by atoms with van der Waals surface area (Å²) in [5.41, 5.74) is 6.60. The second kappa shape index (κ2) is 2.34. The lowest BCUT2D eigenvalue weighted by Crippen LogP contribution is -2.20. The topological polar surface area (TPSA) is 60.9 Å². The Morgan fingerprint density at radius 1 is 1.69 bits per heavy atom. The highest BCUT2D eigenvalue weighted by Gasteiger charge is 2.35. The van der Waals surface area contributed by atoms with Crippen LogP contribution in [0.4, 0.5) is 0 Å². The van der Waals surface area contributed by atoms with Gasteiger partial charge >= 0.3 is 0 Å². The third-order valence-corrected chi connectivity index (χ3v) is 2.61. The van der Waals surface area contributed by atoms with Gasteiger partial charge in [0, 0.05) is 12.0 Å². The molecule has 0 saturated heterocycles. The van der Waals surface area contributed by atoms with E-state index < -0.39 is 5.91 Å². The molecule has 0 spiro atoms. The van der Waals surface area contributed by atoms with Gasteiger partial charge in [0.2, 0.25) is 0 Å². The molecule has 1 radical (unpaired) electrons. The zero-order chi connectivity index (χ0) is 9.64. The van der Waals surface area contributed by atoms with Gasteiger partial charge in [0.15, 0.2) is 0 Å². The molecule has 1 aliphatic rings. The van der Waals surface area contributed by atoms with Crippen molar-refractivity contribution in [3.05, 3.63) is 17.5 Å². The van der Waals surface area contributed by atoms with Crippen molar-refractivity contribution >= 4 is 5.91 Å². The molecule has 1 aromatic heterocycles. The number of aromatic nitrogens is 2. The maximum absolute atomic E-state index is 11.0. The summed E-state index contributed by atoms with van der Waals surface area (Å²) in [4.78, 5) is 11.0. The summed E-state index contributed by atoms with van der Waals surface area (Å²) >= 11 is 0. The van der Waals surface area contributed by atoms with Crippen LogP contribution in [0, 0.1) is 6.20 Å². The van der Waals surface area contributed by atoms with E-state index in [2.05, 4.69) is 25.1 Å². The lowest BCUT2D eigenvalue weighted by molar-refractivity contribution is 0.0998. The van der Waals surface area contributed by atoms with E-state index in [9.17, 15) is 4.79 Å². The SMILES string of the molecule is CC1(C)CCn2n[c]c(C(N)=O)c21. The average Bonchev–Trinajstić information content (AvgIpc) is 2.53. The predicted molar refractivity (Wildman–Crippen MR) is 47.2 cm³/mol. The molecule has 2 rings (SSSR count). The number of aryl methyl sites for hydroxylation is 1. The van der Waals surface area contributed by atoms with Crippen molar-refractivity contribution in [2.24, 2.45) is 5.73 Å². The van der Waals surface area contributed by atoms with Crippen LogP contribution in [-0.2, 0) is 12.0 Å². The Kier molecular flexibility index (Phi) is 1.49. The summed E-state index contributed by atoms with van der Waals surface area (Å²) in [5.74, 6) is -0.434. The molecule has 0 aliphatic carbocycles. The zero-order valence-electron chi connectivity index (χ0n) is 7.79. The first-order chi connectivity index (χ1) is 6.02. The highest BCUT2D eigenvalue weighted by atomic mass is 16.1. The Morgan fingerprint density at radius 3 is 3.00 bits per heavy atom. The lowest BCUT2D eigenvalue weighted by Gasteiger charge is -2.16. The first-order valence-corrected chi connectivity index (χ1v) is 4.31. The van der Waals surface area contributed by atoms with Crippen LogP contribution in [0.5, 0.6) is 0 Å². The molecule has 1 aromatic rings. The second-order valence-corrected chi connectivity index (χ2v) is 4.06. The minimum absolute atomic E-state index is 0.00262. The van der Waals surface area contributed by atoms with Gasteiger partial charge in [-0.2, -0.15) is 5.10 Å². The number of primary amides is 1. The lowest BCUT2D eigenvalue weighted by atomic mass is 9.86. The Bertz CT molecular complexity index is 365. The van der Waals surface area contributed by atoms with Crippen molar-refractivity contribution in [2.75, 3.05) is 0 Å². The van der Waals surface area contributed by atoms with Crippen LogP contribution < -0.4 is 5.73 Å². The summed E-state index contributed by atoms with van der Waals surface area (Å²) in [6.45, 7) is 5.04. The number of fused-ring (bicyclic) bond motifs is 1. The van der Waals surface area contributed by atoms with Gasteiger partial charge in [-0.05, 0) is 6.42 Å². The number of carbonyl (C=O) groups excluding carboxylic acids is 1. The number of amides is 1. The smallest absolute Gasteiger partial charge is 0.252 e. The molecular weight excluding hydrogens is 166 g/mol. The van der Waals surface area contributed by atoms with Gasteiger partial charge < -0.3 is 5.73 Å². The summed E-state index contributed by atoms with van der Waals surface area (Å²) < 4.78 is 1.82. The summed E-state index contributed by atoms with van der Waals surface area (Å²) in [6.07, 6.45) is 3.67. The molecule has 2 N–H and O–H groups in total. The van der Waals surface area contributed by atoms with Gasteiger partial charge in [-0.25, -0.2) is 0 Å². The van der Waals surface area contributed by atoms with Crippen molar-refractivity contribution < 1.29 is 4.79 Å². The largest absolute Gasteiger partial charge is 0.365 e. The minimum atomic E-state index is -0.434. The van der Waals surface area contributed by atoms with E-state index in [1.807, 2.05) is 4.68 Å². The maximum Gasteiger partial charge on any atom is 0.252 e. The minimum Gasteiger partial charge on any atom is -0.365 e. The van der Waals surface area contributed by atoms with E-state index in [0.717, 1.165) is 18.7 Å². The average molecular weight is 178 g/mol. The normalized spacial score (nSPS) is 18.6. The maximum atomic E-state index is 11.0. The number of nitrogens with zero attached hydrogens (tertiary/aromatic N) is 2. The van der Waals surface area contributed by atoms with Gasteiger partial charge in [-0.1, -0.05) is 13.8 Å². The van der Waals surface area contributed by atoms with Crippen molar-refractivity contribution in [1.82, 2.24) is 9.78 Å². The zero-order valence-corrected chi connectivity index (χ0v) is 7.79. The standard InChI is InChI=1S/C9H12N3O/c1-9(2)3-4-12-7(9)6(5-11-12)8(10)13/h3-4H2,1-2H3,(H2,10,13). The Morgan fingerprint density at radius 2 is 2.38 bits per heavy atom. The molecule has 0 saturated carbocycles. The van der Waals surface area contributed by atoms with E-state index in [0.29, 0.717) is 5.56 Å². The van der Waals surface area contributed by atoms with E-state index in [1.54, 1.807) is 0 Å². The van der Waals surface area contributed by atoms with Gasteiger partial charge in [-0.3, -0.25) is 9.48 Å². The third kappa shape index (κ3) is 1.05. The van der Waals surface area contributed by atoms with E-state index in [-0.39, 0.29) is 5.41 Å². The molecule has 1 aliphatic heterocycles. The molecule has 2 heterocycles. The van der Waals surface area contributed by atoms with Crippen LogP contribution in [0.1, 0.15) is 36.3 Å². The molecule has 0 fully saturated rings. The second-order valence-electron chi connectivity index (χ2n) is 4.06. The molecule has 0 atom stereocenters. The van der Waals surface area contributed by atoms with E-state index in [4.69, 9.17) is 5.73 Å². The van der Waals surface area contributed by atoms with Crippen molar-refractivity contribution in [3.8, 4) is 0 Å². The van der Waals surface area contributed by atoms with Crippen LogP contribution >= 0.6 is 0 Å². The molecule has 4 heteroatoms.